The van der Waals surface area contributed by atoms with Gasteiger partial charge in [0.05, 0.1) is 0 Å². The largest absolute Gasteiger partial charge is 0.457 e. The van der Waals surface area contributed by atoms with Crippen LogP contribution in [0.15, 0.2) is 54.6 Å². The lowest BCUT2D eigenvalue weighted by Gasteiger charge is -2.11. The van der Waals surface area contributed by atoms with Crippen LogP contribution >= 0.6 is 0 Å². The Morgan fingerprint density at radius 2 is 1.60 bits per heavy atom. The summed E-state index contributed by atoms with van der Waals surface area (Å²) in [5.74, 6) is 1.86. The van der Waals surface area contributed by atoms with Crippen LogP contribution in [0.2, 0.25) is 0 Å². The van der Waals surface area contributed by atoms with Crippen LogP contribution in [-0.2, 0) is 6.42 Å². The summed E-state index contributed by atoms with van der Waals surface area (Å²) in [7, 11) is 0. The van der Waals surface area contributed by atoms with Crippen molar-refractivity contribution in [3.05, 3.63) is 60.2 Å². The first-order valence-electron chi connectivity index (χ1n) is 6.94. The SMILES string of the molecule is NCC(CO)CCc1ccc(Oc2ccccc2)cc1. The molecule has 0 bridgehead atoms. The Bertz CT molecular complexity index is 492. The van der Waals surface area contributed by atoms with E-state index in [9.17, 15) is 0 Å². The number of aryl methyl sites for hydroxylation is 1. The van der Waals surface area contributed by atoms with E-state index >= 15 is 0 Å². The van der Waals surface area contributed by atoms with Gasteiger partial charge in [0.25, 0.3) is 0 Å². The van der Waals surface area contributed by atoms with E-state index < -0.39 is 0 Å². The van der Waals surface area contributed by atoms with Crippen LogP contribution in [0.25, 0.3) is 0 Å². The zero-order chi connectivity index (χ0) is 14.2. The summed E-state index contributed by atoms with van der Waals surface area (Å²) in [4.78, 5) is 0. The van der Waals surface area contributed by atoms with Crippen molar-refractivity contribution in [1.82, 2.24) is 0 Å². The van der Waals surface area contributed by atoms with Crippen LogP contribution in [0.4, 0.5) is 0 Å². The number of rotatable bonds is 7. The molecule has 1 unspecified atom stereocenters. The van der Waals surface area contributed by atoms with E-state index in [4.69, 9.17) is 15.6 Å². The predicted molar refractivity (Wildman–Crippen MR) is 80.9 cm³/mol. The number of para-hydroxylation sites is 1. The Labute approximate surface area is 120 Å². The quantitative estimate of drug-likeness (QED) is 0.814. The van der Waals surface area contributed by atoms with Crippen molar-refractivity contribution >= 4 is 0 Å². The molecule has 0 radical (unpaired) electrons. The molecule has 0 spiro atoms. The Morgan fingerprint density at radius 1 is 0.950 bits per heavy atom. The molecule has 0 aliphatic rings. The van der Waals surface area contributed by atoms with Crippen molar-refractivity contribution in [2.24, 2.45) is 11.7 Å². The number of nitrogens with two attached hydrogens (primary N) is 1. The van der Waals surface area contributed by atoms with Gasteiger partial charge in [0, 0.05) is 6.61 Å². The zero-order valence-corrected chi connectivity index (χ0v) is 11.5. The second-order valence-corrected chi connectivity index (χ2v) is 4.88. The van der Waals surface area contributed by atoms with E-state index in [0.717, 1.165) is 24.3 Å². The average molecular weight is 271 g/mol. The normalized spacial score (nSPS) is 12.1. The molecular weight excluding hydrogens is 250 g/mol. The Morgan fingerprint density at radius 3 is 2.20 bits per heavy atom. The molecule has 2 aromatic rings. The van der Waals surface area contributed by atoms with Crippen LogP contribution in [0.5, 0.6) is 11.5 Å². The van der Waals surface area contributed by atoms with Crippen molar-refractivity contribution in [1.29, 1.82) is 0 Å². The van der Waals surface area contributed by atoms with E-state index in [1.165, 1.54) is 5.56 Å². The number of aliphatic hydroxyl groups excluding tert-OH is 1. The van der Waals surface area contributed by atoms with Gasteiger partial charge in [0.15, 0.2) is 0 Å². The highest BCUT2D eigenvalue weighted by Crippen LogP contribution is 2.21. The van der Waals surface area contributed by atoms with Gasteiger partial charge in [-0.3, -0.25) is 0 Å². The third kappa shape index (κ3) is 4.37. The monoisotopic (exact) mass is 271 g/mol. The molecule has 3 N–H and O–H groups in total. The standard InChI is InChI=1S/C17H21NO2/c18-12-15(13-19)7-6-14-8-10-17(11-9-14)20-16-4-2-1-3-5-16/h1-5,8-11,15,19H,6-7,12-13,18H2. The fourth-order valence-electron chi connectivity index (χ4n) is 2.00. The van der Waals surface area contributed by atoms with Crippen LogP contribution in [0.3, 0.4) is 0 Å². The molecule has 0 aliphatic carbocycles. The average Bonchev–Trinajstić information content (AvgIpc) is 2.51. The molecule has 3 heteroatoms. The van der Waals surface area contributed by atoms with Crippen molar-refractivity contribution < 1.29 is 9.84 Å². The zero-order valence-electron chi connectivity index (χ0n) is 11.5. The van der Waals surface area contributed by atoms with E-state index in [1.54, 1.807) is 0 Å². The van der Waals surface area contributed by atoms with Gasteiger partial charge in [-0.2, -0.15) is 0 Å². The minimum absolute atomic E-state index is 0.158. The summed E-state index contributed by atoms with van der Waals surface area (Å²) in [6.45, 7) is 0.692. The summed E-state index contributed by atoms with van der Waals surface area (Å²) in [6.07, 6.45) is 1.83. The van der Waals surface area contributed by atoms with E-state index in [1.807, 2.05) is 42.5 Å². The van der Waals surface area contributed by atoms with Crippen molar-refractivity contribution in [2.45, 2.75) is 12.8 Å². The first kappa shape index (κ1) is 14.6. The van der Waals surface area contributed by atoms with Crippen LogP contribution in [-0.4, -0.2) is 18.3 Å². The number of aliphatic hydroxyl groups is 1. The van der Waals surface area contributed by atoms with Gasteiger partial charge >= 0.3 is 0 Å². The topological polar surface area (TPSA) is 55.5 Å². The predicted octanol–water partition coefficient (Wildman–Crippen LogP) is 2.98. The van der Waals surface area contributed by atoms with Crippen molar-refractivity contribution in [2.75, 3.05) is 13.2 Å². The molecule has 0 fully saturated rings. The van der Waals surface area contributed by atoms with E-state index in [0.29, 0.717) is 6.54 Å². The summed E-state index contributed by atoms with van der Waals surface area (Å²) in [6, 6.07) is 17.8. The lowest BCUT2D eigenvalue weighted by molar-refractivity contribution is 0.223. The number of ether oxygens (including phenoxy) is 1. The molecule has 0 saturated heterocycles. The van der Waals surface area contributed by atoms with Gasteiger partial charge in [-0.15, -0.1) is 0 Å². The van der Waals surface area contributed by atoms with Gasteiger partial charge in [-0.1, -0.05) is 30.3 Å². The van der Waals surface area contributed by atoms with Crippen LogP contribution < -0.4 is 10.5 Å². The number of benzene rings is 2. The molecule has 20 heavy (non-hydrogen) atoms. The Balaban J connectivity index is 1.90. The third-order valence-electron chi connectivity index (χ3n) is 3.34. The van der Waals surface area contributed by atoms with Gasteiger partial charge in [0.1, 0.15) is 11.5 Å². The maximum absolute atomic E-state index is 9.11. The van der Waals surface area contributed by atoms with Crippen LogP contribution in [0, 0.1) is 5.92 Å². The lowest BCUT2D eigenvalue weighted by Crippen LogP contribution is -2.18. The minimum atomic E-state index is 0.158. The fraction of sp³-hybridized carbons (Fsp3) is 0.294. The molecule has 0 amide bonds. The van der Waals surface area contributed by atoms with E-state index in [2.05, 4.69) is 12.1 Å². The van der Waals surface area contributed by atoms with Crippen molar-refractivity contribution in [3.63, 3.8) is 0 Å². The van der Waals surface area contributed by atoms with Gasteiger partial charge < -0.3 is 15.6 Å². The molecule has 0 aliphatic heterocycles. The molecule has 0 saturated carbocycles. The fourth-order valence-corrected chi connectivity index (χ4v) is 2.00. The second-order valence-electron chi connectivity index (χ2n) is 4.88. The van der Waals surface area contributed by atoms with Gasteiger partial charge in [0.2, 0.25) is 0 Å². The third-order valence-corrected chi connectivity index (χ3v) is 3.34. The molecule has 3 nitrogen and oxygen atoms in total. The van der Waals surface area contributed by atoms with Gasteiger partial charge in [-0.25, -0.2) is 0 Å². The molecule has 106 valence electrons. The number of hydrogen-bond acceptors (Lipinski definition) is 3. The maximum Gasteiger partial charge on any atom is 0.127 e. The lowest BCUT2D eigenvalue weighted by atomic mass is 10.0. The minimum Gasteiger partial charge on any atom is -0.457 e. The first-order chi connectivity index (χ1) is 9.81. The van der Waals surface area contributed by atoms with E-state index in [-0.39, 0.29) is 12.5 Å². The second kappa shape index (κ2) is 7.68. The van der Waals surface area contributed by atoms with Crippen LogP contribution in [0.1, 0.15) is 12.0 Å². The highest BCUT2D eigenvalue weighted by atomic mass is 16.5. The smallest absolute Gasteiger partial charge is 0.127 e. The molecule has 1 atom stereocenters. The highest BCUT2D eigenvalue weighted by Gasteiger charge is 2.05. The molecule has 0 aromatic heterocycles. The number of hydrogen-bond donors (Lipinski definition) is 2. The summed E-state index contributed by atoms with van der Waals surface area (Å²) >= 11 is 0. The van der Waals surface area contributed by atoms with Crippen molar-refractivity contribution in [3.8, 4) is 11.5 Å². The molecular formula is C17H21NO2. The van der Waals surface area contributed by atoms with Gasteiger partial charge in [-0.05, 0) is 55.1 Å². The Kier molecular flexibility index (Phi) is 5.59. The molecule has 2 aromatic carbocycles. The highest BCUT2D eigenvalue weighted by molar-refractivity contribution is 5.32. The maximum atomic E-state index is 9.11. The summed E-state index contributed by atoms with van der Waals surface area (Å²) < 4.78 is 5.74. The summed E-state index contributed by atoms with van der Waals surface area (Å²) in [5.41, 5.74) is 6.81. The first-order valence-corrected chi connectivity index (χ1v) is 6.94. The molecule has 2 rings (SSSR count). The molecule has 0 heterocycles. The summed E-state index contributed by atoms with van der Waals surface area (Å²) in [5, 5.41) is 9.11. The Hall–Kier alpha value is -1.84.